The van der Waals surface area contributed by atoms with E-state index < -0.39 is 16.1 Å². The number of nitrogens with zero attached hydrogens (tertiary/aromatic N) is 1. The molecule has 0 fully saturated rings. The molecular formula is C21H26N2O5S. The number of hydrogen-bond donors (Lipinski definition) is 1. The van der Waals surface area contributed by atoms with Crippen LogP contribution in [0.2, 0.25) is 0 Å². The van der Waals surface area contributed by atoms with E-state index in [4.69, 9.17) is 9.47 Å². The summed E-state index contributed by atoms with van der Waals surface area (Å²) in [5.74, 6) is 0.724. The Hall–Kier alpha value is -2.74. The molecule has 3 rings (SSSR count). The summed E-state index contributed by atoms with van der Waals surface area (Å²) >= 11 is 0. The molecule has 0 saturated carbocycles. The van der Waals surface area contributed by atoms with Crippen LogP contribution in [0.25, 0.3) is 0 Å². The minimum absolute atomic E-state index is 0.0573. The molecular weight excluding hydrogens is 392 g/mol. The SMILES string of the molecule is CCOc1ccc([C@@H](C)NC(=O)[C@@H]2CN(S(=O)(=O)CC)c3ccccc3O2)cc1. The number of ether oxygens (including phenoxy) is 2. The molecule has 0 aromatic heterocycles. The molecule has 1 heterocycles. The lowest BCUT2D eigenvalue weighted by Gasteiger charge is -2.35. The van der Waals surface area contributed by atoms with Crippen LogP contribution in [0.15, 0.2) is 48.5 Å². The van der Waals surface area contributed by atoms with Crippen LogP contribution in [0.5, 0.6) is 11.5 Å². The van der Waals surface area contributed by atoms with Gasteiger partial charge >= 0.3 is 0 Å². The van der Waals surface area contributed by atoms with Crippen LogP contribution in [0, 0.1) is 0 Å². The maximum Gasteiger partial charge on any atom is 0.263 e. The Morgan fingerprint density at radius 3 is 2.55 bits per heavy atom. The van der Waals surface area contributed by atoms with E-state index >= 15 is 0 Å². The first kappa shape index (κ1) is 21.0. The highest BCUT2D eigenvalue weighted by Crippen LogP contribution is 2.35. The van der Waals surface area contributed by atoms with Crippen LogP contribution in [-0.2, 0) is 14.8 Å². The molecule has 1 amide bonds. The van der Waals surface area contributed by atoms with Gasteiger partial charge in [-0.3, -0.25) is 9.10 Å². The number of nitrogens with one attached hydrogen (secondary N) is 1. The average molecular weight is 419 g/mol. The van der Waals surface area contributed by atoms with Crippen LogP contribution in [0.1, 0.15) is 32.4 Å². The second-order valence-corrected chi connectivity index (χ2v) is 8.92. The van der Waals surface area contributed by atoms with Gasteiger partial charge in [-0.1, -0.05) is 24.3 Å². The van der Waals surface area contributed by atoms with Crippen LogP contribution in [0.3, 0.4) is 0 Å². The predicted molar refractivity (Wildman–Crippen MR) is 112 cm³/mol. The topological polar surface area (TPSA) is 84.9 Å². The van der Waals surface area contributed by atoms with Gasteiger partial charge in [0, 0.05) is 0 Å². The van der Waals surface area contributed by atoms with Crippen molar-refractivity contribution >= 4 is 21.6 Å². The minimum atomic E-state index is -3.53. The van der Waals surface area contributed by atoms with Gasteiger partial charge in [0.15, 0.2) is 6.10 Å². The standard InChI is InChI=1S/C21H26N2O5S/c1-4-27-17-12-10-16(11-13-17)15(3)22-21(24)20-14-23(29(25,26)5-2)18-8-6-7-9-19(18)28-20/h6-13,15,20H,4-5,14H2,1-3H3,(H,22,24)/t15-,20+/m1/s1. The summed E-state index contributed by atoms with van der Waals surface area (Å²) < 4.78 is 37.6. The Morgan fingerprint density at radius 1 is 1.21 bits per heavy atom. The normalized spacial score (nSPS) is 17.1. The highest BCUT2D eigenvalue weighted by Gasteiger charge is 2.36. The molecule has 156 valence electrons. The summed E-state index contributed by atoms with van der Waals surface area (Å²) in [4.78, 5) is 12.8. The molecule has 0 aliphatic carbocycles. The quantitative estimate of drug-likeness (QED) is 0.747. The van der Waals surface area contributed by atoms with Crippen molar-refractivity contribution in [1.82, 2.24) is 5.32 Å². The molecule has 1 aliphatic heterocycles. The van der Waals surface area contributed by atoms with Gasteiger partial charge in [0.1, 0.15) is 11.5 Å². The number of sulfonamides is 1. The Kier molecular flexibility index (Phi) is 6.32. The number of fused-ring (bicyclic) bond motifs is 1. The van der Waals surface area contributed by atoms with Crippen molar-refractivity contribution in [2.45, 2.75) is 32.9 Å². The van der Waals surface area contributed by atoms with Gasteiger partial charge in [-0.2, -0.15) is 0 Å². The number of hydrogen-bond acceptors (Lipinski definition) is 5. The number of benzene rings is 2. The monoisotopic (exact) mass is 418 g/mol. The molecule has 2 aromatic rings. The lowest BCUT2D eigenvalue weighted by molar-refractivity contribution is -0.128. The molecule has 1 N–H and O–H groups in total. The minimum Gasteiger partial charge on any atom is -0.494 e. The lowest BCUT2D eigenvalue weighted by atomic mass is 10.1. The predicted octanol–water partition coefficient (Wildman–Crippen LogP) is 2.88. The Bertz CT molecular complexity index is 959. The van der Waals surface area contributed by atoms with E-state index in [1.165, 1.54) is 4.31 Å². The van der Waals surface area contributed by atoms with Crippen molar-refractivity contribution in [2.75, 3.05) is 23.2 Å². The highest BCUT2D eigenvalue weighted by atomic mass is 32.2. The molecule has 0 radical (unpaired) electrons. The first-order chi connectivity index (χ1) is 13.9. The summed E-state index contributed by atoms with van der Waals surface area (Å²) in [5, 5.41) is 2.91. The van der Waals surface area contributed by atoms with Gasteiger partial charge in [0.2, 0.25) is 10.0 Å². The smallest absolute Gasteiger partial charge is 0.263 e. The zero-order valence-electron chi connectivity index (χ0n) is 16.8. The molecule has 0 bridgehead atoms. The lowest BCUT2D eigenvalue weighted by Crippen LogP contribution is -2.51. The van der Waals surface area contributed by atoms with Gasteiger partial charge in [-0.25, -0.2) is 8.42 Å². The van der Waals surface area contributed by atoms with Crippen molar-refractivity contribution in [3.63, 3.8) is 0 Å². The number of rotatable bonds is 7. The third-order valence-corrected chi connectivity index (χ3v) is 6.52. The zero-order valence-corrected chi connectivity index (χ0v) is 17.6. The molecule has 29 heavy (non-hydrogen) atoms. The van der Waals surface area contributed by atoms with Crippen LogP contribution >= 0.6 is 0 Å². The summed E-state index contributed by atoms with van der Waals surface area (Å²) in [5.41, 5.74) is 1.37. The maximum atomic E-state index is 12.8. The van der Waals surface area contributed by atoms with E-state index in [1.54, 1.807) is 31.2 Å². The van der Waals surface area contributed by atoms with Crippen molar-refractivity contribution in [2.24, 2.45) is 0 Å². The fraction of sp³-hybridized carbons (Fsp3) is 0.381. The van der Waals surface area contributed by atoms with Gasteiger partial charge in [-0.15, -0.1) is 0 Å². The van der Waals surface area contributed by atoms with E-state index in [2.05, 4.69) is 5.32 Å². The number of para-hydroxylation sites is 2. The molecule has 2 atom stereocenters. The fourth-order valence-electron chi connectivity index (χ4n) is 3.17. The van der Waals surface area contributed by atoms with E-state index in [1.807, 2.05) is 38.1 Å². The Morgan fingerprint density at radius 2 is 1.90 bits per heavy atom. The van der Waals surface area contributed by atoms with Crippen molar-refractivity contribution in [3.8, 4) is 11.5 Å². The second kappa shape index (κ2) is 8.73. The van der Waals surface area contributed by atoms with Gasteiger partial charge in [-0.05, 0) is 50.6 Å². The molecule has 1 aliphatic rings. The van der Waals surface area contributed by atoms with Gasteiger partial charge in [0.05, 0.1) is 30.6 Å². The first-order valence-corrected chi connectivity index (χ1v) is 11.3. The fourth-order valence-corrected chi connectivity index (χ4v) is 4.29. The average Bonchev–Trinajstić information content (AvgIpc) is 2.73. The second-order valence-electron chi connectivity index (χ2n) is 6.74. The van der Waals surface area contributed by atoms with E-state index in [9.17, 15) is 13.2 Å². The van der Waals surface area contributed by atoms with Crippen LogP contribution < -0.4 is 19.1 Å². The number of amides is 1. The molecule has 0 unspecified atom stereocenters. The van der Waals surface area contributed by atoms with E-state index in [0.717, 1.165) is 11.3 Å². The number of carbonyl (C=O) groups is 1. The molecule has 7 nitrogen and oxygen atoms in total. The Balaban J connectivity index is 1.75. The van der Waals surface area contributed by atoms with E-state index in [-0.39, 0.29) is 24.2 Å². The van der Waals surface area contributed by atoms with Crippen LogP contribution in [-0.4, -0.2) is 39.3 Å². The third kappa shape index (κ3) is 4.64. The largest absolute Gasteiger partial charge is 0.494 e. The van der Waals surface area contributed by atoms with Crippen molar-refractivity contribution in [3.05, 3.63) is 54.1 Å². The number of anilines is 1. The summed E-state index contributed by atoms with van der Waals surface area (Å²) in [6, 6.07) is 14.1. The molecule has 2 aromatic carbocycles. The first-order valence-electron chi connectivity index (χ1n) is 9.65. The highest BCUT2D eigenvalue weighted by molar-refractivity contribution is 7.92. The summed E-state index contributed by atoms with van der Waals surface area (Å²) in [7, 11) is -3.53. The zero-order chi connectivity index (χ0) is 21.0. The van der Waals surface area contributed by atoms with E-state index in [0.29, 0.717) is 18.0 Å². The molecule has 0 saturated heterocycles. The third-order valence-electron chi connectivity index (χ3n) is 4.78. The molecule has 0 spiro atoms. The number of carbonyl (C=O) groups excluding carboxylic acids is 1. The van der Waals surface area contributed by atoms with Crippen molar-refractivity contribution in [1.29, 1.82) is 0 Å². The van der Waals surface area contributed by atoms with Crippen LogP contribution in [0.4, 0.5) is 5.69 Å². The molecule has 8 heteroatoms. The van der Waals surface area contributed by atoms with Crippen molar-refractivity contribution < 1.29 is 22.7 Å². The Labute approximate surface area is 171 Å². The van der Waals surface area contributed by atoms with Gasteiger partial charge < -0.3 is 14.8 Å². The van der Waals surface area contributed by atoms with Gasteiger partial charge in [0.25, 0.3) is 5.91 Å². The maximum absolute atomic E-state index is 12.8. The summed E-state index contributed by atoms with van der Waals surface area (Å²) in [6.45, 7) is 5.89. The summed E-state index contributed by atoms with van der Waals surface area (Å²) in [6.07, 6.45) is -0.934.